The zero-order chi connectivity index (χ0) is 12.1. The summed E-state index contributed by atoms with van der Waals surface area (Å²) in [7, 11) is 1.42. The minimum absolute atomic E-state index is 0.294. The van der Waals surface area contributed by atoms with Crippen molar-refractivity contribution in [2.45, 2.75) is 13.0 Å². The molecule has 0 spiro atoms. The summed E-state index contributed by atoms with van der Waals surface area (Å²) in [4.78, 5) is 21.1. The first-order valence-electron chi connectivity index (χ1n) is 4.61. The number of ether oxygens (including phenoxy) is 2. The quantitative estimate of drug-likeness (QED) is 0.764. The van der Waals surface area contributed by atoms with Gasteiger partial charge < -0.3 is 14.6 Å². The fourth-order valence-corrected chi connectivity index (χ4v) is 1.10. The molecule has 0 saturated carbocycles. The molecular formula is C11H12O5. The van der Waals surface area contributed by atoms with Gasteiger partial charge in [0.05, 0.1) is 7.11 Å². The van der Waals surface area contributed by atoms with Crippen LogP contribution >= 0.6 is 0 Å². The summed E-state index contributed by atoms with van der Waals surface area (Å²) in [6.45, 7) is 1.41. The van der Waals surface area contributed by atoms with Crippen molar-refractivity contribution in [3.05, 3.63) is 23.8 Å². The molecule has 0 aliphatic rings. The lowest BCUT2D eigenvalue weighted by molar-refractivity contribution is -0.144. The van der Waals surface area contributed by atoms with Crippen LogP contribution in [-0.4, -0.2) is 30.6 Å². The van der Waals surface area contributed by atoms with Crippen molar-refractivity contribution in [2.24, 2.45) is 0 Å². The highest BCUT2D eigenvalue weighted by atomic mass is 16.5. The maximum absolute atomic E-state index is 10.6. The second kappa shape index (κ2) is 5.16. The van der Waals surface area contributed by atoms with Crippen LogP contribution in [0.2, 0.25) is 0 Å². The highest BCUT2D eigenvalue weighted by Gasteiger charge is 2.15. The summed E-state index contributed by atoms with van der Waals surface area (Å²) in [6.07, 6.45) is -0.302. The first-order valence-corrected chi connectivity index (χ1v) is 4.61. The van der Waals surface area contributed by atoms with E-state index in [9.17, 15) is 9.59 Å². The third-order valence-corrected chi connectivity index (χ3v) is 1.98. The molecule has 0 radical (unpaired) electrons. The number of carbonyl (C=O) groups is 2. The van der Waals surface area contributed by atoms with Crippen LogP contribution < -0.4 is 9.47 Å². The molecule has 1 N–H and O–H groups in total. The Hall–Kier alpha value is -2.04. The minimum Gasteiger partial charge on any atom is -0.493 e. The minimum atomic E-state index is -1.07. The molecular weight excluding hydrogens is 212 g/mol. The second-order valence-corrected chi connectivity index (χ2v) is 3.13. The van der Waals surface area contributed by atoms with Crippen molar-refractivity contribution in [1.82, 2.24) is 0 Å². The number of benzene rings is 1. The molecule has 0 heterocycles. The van der Waals surface area contributed by atoms with Gasteiger partial charge in [0.15, 0.2) is 17.6 Å². The number of carboxylic acid groups (broad SMARTS) is 1. The maximum Gasteiger partial charge on any atom is 0.344 e. The van der Waals surface area contributed by atoms with Crippen LogP contribution in [0.25, 0.3) is 0 Å². The van der Waals surface area contributed by atoms with Crippen LogP contribution in [0.3, 0.4) is 0 Å². The van der Waals surface area contributed by atoms with Crippen LogP contribution in [0.5, 0.6) is 11.5 Å². The molecule has 0 aromatic heterocycles. The van der Waals surface area contributed by atoms with Crippen LogP contribution in [0.4, 0.5) is 0 Å². The zero-order valence-corrected chi connectivity index (χ0v) is 8.97. The molecule has 0 unspecified atom stereocenters. The van der Waals surface area contributed by atoms with Gasteiger partial charge in [-0.15, -0.1) is 0 Å². The van der Waals surface area contributed by atoms with Gasteiger partial charge >= 0.3 is 5.97 Å². The number of rotatable bonds is 5. The summed E-state index contributed by atoms with van der Waals surface area (Å²) in [5.74, 6) is -0.442. The van der Waals surface area contributed by atoms with Gasteiger partial charge in [-0.2, -0.15) is 0 Å². The maximum atomic E-state index is 10.6. The van der Waals surface area contributed by atoms with Gasteiger partial charge in [0, 0.05) is 5.56 Å². The van der Waals surface area contributed by atoms with E-state index in [4.69, 9.17) is 14.6 Å². The van der Waals surface area contributed by atoms with E-state index >= 15 is 0 Å². The van der Waals surface area contributed by atoms with E-state index < -0.39 is 12.1 Å². The number of carbonyl (C=O) groups excluding carboxylic acids is 1. The lowest BCUT2D eigenvalue weighted by Crippen LogP contribution is -2.23. The van der Waals surface area contributed by atoms with Crippen LogP contribution in [-0.2, 0) is 4.79 Å². The van der Waals surface area contributed by atoms with Gasteiger partial charge in [-0.1, -0.05) is 0 Å². The van der Waals surface area contributed by atoms with Gasteiger partial charge in [0.25, 0.3) is 0 Å². The summed E-state index contributed by atoms with van der Waals surface area (Å²) < 4.78 is 10.1. The number of aldehydes is 1. The standard InChI is InChI=1S/C11H12O5/c1-7(11(13)14)16-9-4-3-8(6-12)5-10(9)15-2/h3-7H,1-2H3,(H,13,14)/t7-/m0/s1. The van der Waals surface area contributed by atoms with Crippen molar-refractivity contribution < 1.29 is 24.2 Å². The highest BCUT2D eigenvalue weighted by Crippen LogP contribution is 2.28. The monoisotopic (exact) mass is 224 g/mol. The predicted octanol–water partition coefficient (Wildman–Crippen LogP) is 1.36. The molecule has 0 aliphatic heterocycles. The van der Waals surface area contributed by atoms with Crippen LogP contribution in [0.1, 0.15) is 17.3 Å². The van der Waals surface area contributed by atoms with Crippen molar-refractivity contribution in [3.63, 3.8) is 0 Å². The first-order chi connectivity index (χ1) is 7.58. The number of carboxylic acids is 1. The van der Waals surface area contributed by atoms with E-state index in [0.717, 1.165) is 0 Å². The Kier molecular flexibility index (Phi) is 3.88. The summed E-state index contributed by atoms with van der Waals surface area (Å²) in [5.41, 5.74) is 0.437. The molecule has 1 rings (SSSR count). The number of aliphatic carboxylic acids is 1. The molecule has 1 atom stereocenters. The third kappa shape index (κ3) is 2.73. The molecule has 0 fully saturated rings. The van der Waals surface area contributed by atoms with E-state index in [1.807, 2.05) is 0 Å². The smallest absolute Gasteiger partial charge is 0.344 e. The molecule has 5 heteroatoms. The summed E-state index contributed by atoms with van der Waals surface area (Å²) in [5, 5.41) is 8.69. The molecule has 1 aromatic carbocycles. The number of hydrogen-bond acceptors (Lipinski definition) is 4. The van der Waals surface area contributed by atoms with Gasteiger partial charge in [0.1, 0.15) is 6.29 Å². The largest absolute Gasteiger partial charge is 0.493 e. The molecule has 0 bridgehead atoms. The van der Waals surface area contributed by atoms with Crippen LogP contribution in [0, 0.1) is 0 Å². The highest BCUT2D eigenvalue weighted by molar-refractivity contribution is 5.76. The Balaban J connectivity index is 2.95. The van der Waals surface area contributed by atoms with Crippen molar-refractivity contribution >= 4 is 12.3 Å². The number of methoxy groups -OCH3 is 1. The van der Waals surface area contributed by atoms with E-state index in [1.165, 1.54) is 32.2 Å². The van der Waals surface area contributed by atoms with E-state index in [0.29, 0.717) is 23.3 Å². The Morgan fingerprint density at radius 3 is 2.62 bits per heavy atom. The van der Waals surface area contributed by atoms with Gasteiger partial charge in [0.2, 0.25) is 0 Å². The molecule has 0 amide bonds. The summed E-state index contributed by atoms with van der Waals surface area (Å²) in [6, 6.07) is 4.51. The first kappa shape index (κ1) is 12.0. The average molecular weight is 224 g/mol. The molecule has 0 aliphatic carbocycles. The predicted molar refractivity (Wildman–Crippen MR) is 56.1 cm³/mol. The van der Waals surface area contributed by atoms with Crippen molar-refractivity contribution in [3.8, 4) is 11.5 Å². The molecule has 5 nitrogen and oxygen atoms in total. The Labute approximate surface area is 92.6 Å². The molecule has 86 valence electrons. The fourth-order valence-electron chi connectivity index (χ4n) is 1.10. The molecule has 1 aromatic rings. The second-order valence-electron chi connectivity index (χ2n) is 3.13. The molecule has 0 saturated heterocycles. The normalized spacial score (nSPS) is 11.6. The van der Waals surface area contributed by atoms with Crippen molar-refractivity contribution in [1.29, 1.82) is 0 Å². The van der Waals surface area contributed by atoms with E-state index in [1.54, 1.807) is 0 Å². The average Bonchev–Trinajstić information content (AvgIpc) is 2.29. The zero-order valence-electron chi connectivity index (χ0n) is 8.97. The van der Waals surface area contributed by atoms with Crippen molar-refractivity contribution in [2.75, 3.05) is 7.11 Å². The topological polar surface area (TPSA) is 72.8 Å². The fraction of sp³-hybridized carbons (Fsp3) is 0.273. The summed E-state index contributed by atoms with van der Waals surface area (Å²) >= 11 is 0. The Morgan fingerprint density at radius 1 is 1.44 bits per heavy atom. The third-order valence-electron chi connectivity index (χ3n) is 1.98. The van der Waals surface area contributed by atoms with Gasteiger partial charge in [-0.05, 0) is 25.1 Å². The van der Waals surface area contributed by atoms with Gasteiger partial charge in [-0.25, -0.2) is 4.79 Å². The lowest BCUT2D eigenvalue weighted by atomic mass is 10.2. The SMILES string of the molecule is COc1cc(C=O)ccc1O[C@@H](C)C(=O)O. The number of hydrogen-bond donors (Lipinski definition) is 1. The lowest BCUT2D eigenvalue weighted by Gasteiger charge is -2.13. The Morgan fingerprint density at radius 2 is 2.12 bits per heavy atom. The molecule has 16 heavy (non-hydrogen) atoms. The van der Waals surface area contributed by atoms with Crippen LogP contribution in [0.15, 0.2) is 18.2 Å². The Bertz CT molecular complexity index is 399. The van der Waals surface area contributed by atoms with E-state index in [2.05, 4.69) is 0 Å². The van der Waals surface area contributed by atoms with Gasteiger partial charge in [-0.3, -0.25) is 4.79 Å². The van der Waals surface area contributed by atoms with E-state index in [-0.39, 0.29) is 0 Å².